The molecular formula is C18H16BrN3O2. The van der Waals surface area contributed by atoms with Crippen molar-refractivity contribution >= 4 is 33.2 Å². The Hall–Kier alpha value is -2.60. The smallest absolute Gasteiger partial charge is 0.270 e. The molecule has 5 nitrogen and oxygen atoms in total. The number of aryl methyl sites for hydroxylation is 1. The lowest BCUT2D eigenvalue weighted by atomic mass is 10.2. The van der Waals surface area contributed by atoms with Gasteiger partial charge in [0.05, 0.1) is 30.4 Å². The van der Waals surface area contributed by atoms with Crippen molar-refractivity contribution in [3.05, 3.63) is 76.4 Å². The minimum absolute atomic E-state index is 0.241. The van der Waals surface area contributed by atoms with E-state index in [0.717, 1.165) is 15.8 Å². The normalized spacial score (nSPS) is 10.4. The summed E-state index contributed by atoms with van der Waals surface area (Å²) in [6.45, 7) is 2.37. The van der Waals surface area contributed by atoms with Crippen molar-refractivity contribution in [3.63, 3.8) is 0 Å². The van der Waals surface area contributed by atoms with Gasteiger partial charge in [-0.25, -0.2) is 4.98 Å². The summed E-state index contributed by atoms with van der Waals surface area (Å²) in [4.78, 5) is 16.3. The van der Waals surface area contributed by atoms with Crippen LogP contribution < -0.4 is 10.6 Å². The number of nitrogens with one attached hydrogen (secondary N) is 2. The van der Waals surface area contributed by atoms with E-state index in [1.54, 1.807) is 30.7 Å². The summed E-state index contributed by atoms with van der Waals surface area (Å²) in [6.07, 6.45) is 3.21. The highest BCUT2D eigenvalue weighted by atomic mass is 79.9. The van der Waals surface area contributed by atoms with Gasteiger partial charge in [-0.3, -0.25) is 4.79 Å². The lowest BCUT2D eigenvalue weighted by molar-refractivity contribution is 0.0943. The first kappa shape index (κ1) is 16.3. The fraction of sp³-hybridized carbons (Fsp3) is 0.111. The third-order valence-electron chi connectivity index (χ3n) is 3.40. The predicted octanol–water partition coefficient (Wildman–Crippen LogP) is 4.42. The third kappa shape index (κ3) is 4.02. The number of anilines is 2. The molecule has 3 aromatic rings. The second-order valence-corrected chi connectivity index (χ2v) is 6.16. The maximum atomic E-state index is 12.1. The Bertz CT molecular complexity index is 830. The van der Waals surface area contributed by atoms with Gasteiger partial charge < -0.3 is 15.1 Å². The first-order valence-electron chi connectivity index (χ1n) is 7.41. The maximum Gasteiger partial charge on any atom is 0.270 e. The van der Waals surface area contributed by atoms with E-state index in [4.69, 9.17) is 4.42 Å². The molecule has 2 N–H and O–H groups in total. The van der Waals surface area contributed by atoms with Crippen molar-refractivity contribution in [2.45, 2.75) is 13.5 Å². The summed E-state index contributed by atoms with van der Waals surface area (Å²) in [6, 6.07) is 13.1. The van der Waals surface area contributed by atoms with Crippen LogP contribution >= 0.6 is 15.9 Å². The van der Waals surface area contributed by atoms with E-state index in [1.807, 2.05) is 31.2 Å². The van der Waals surface area contributed by atoms with Crippen LogP contribution in [0.3, 0.4) is 0 Å². The largest absolute Gasteiger partial charge is 0.467 e. The van der Waals surface area contributed by atoms with Gasteiger partial charge in [-0.1, -0.05) is 6.07 Å². The minimum atomic E-state index is -0.241. The Morgan fingerprint density at radius 1 is 1.25 bits per heavy atom. The van der Waals surface area contributed by atoms with Gasteiger partial charge in [-0.2, -0.15) is 0 Å². The number of furan rings is 1. The summed E-state index contributed by atoms with van der Waals surface area (Å²) < 4.78 is 6.15. The quantitative estimate of drug-likeness (QED) is 0.681. The molecule has 24 heavy (non-hydrogen) atoms. The van der Waals surface area contributed by atoms with Crippen LogP contribution in [0.1, 0.15) is 21.8 Å². The predicted molar refractivity (Wildman–Crippen MR) is 96.3 cm³/mol. The Balaban J connectivity index is 1.63. The van der Waals surface area contributed by atoms with Crippen molar-refractivity contribution in [2.24, 2.45) is 0 Å². The molecule has 0 aliphatic carbocycles. The van der Waals surface area contributed by atoms with E-state index in [2.05, 4.69) is 31.5 Å². The van der Waals surface area contributed by atoms with Crippen LogP contribution in [0.25, 0.3) is 0 Å². The SMILES string of the molecule is Cc1ccc(Nc2ccc(C(=O)NCc3ccco3)nc2)c(Br)c1. The molecule has 2 aromatic heterocycles. The molecule has 0 aliphatic heterocycles. The van der Waals surface area contributed by atoms with E-state index >= 15 is 0 Å². The van der Waals surface area contributed by atoms with Gasteiger partial charge in [0.15, 0.2) is 0 Å². The van der Waals surface area contributed by atoms with E-state index in [0.29, 0.717) is 18.0 Å². The average Bonchev–Trinajstić information content (AvgIpc) is 3.09. The van der Waals surface area contributed by atoms with Gasteiger partial charge in [0, 0.05) is 4.47 Å². The molecule has 1 aromatic carbocycles. The topological polar surface area (TPSA) is 67.2 Å². The molecule has 122 valence electrons. The standard InChI is InChI=1S/C18H16BrN3O2/c1-12-4-6-16(15(19)9-12)22-13-5-7-17(20-10-13)18(23)21-11-14-3-2-8-24-14/h2-10,22H,11H2,1H3,(H,21,23). The van der Waals surface area contributed by atoms with Crippen molar-refractivity contribution in [2.75, 3.05) is 5.32 Å². The van der Waals surface area contributed by atoms with E-state index < -0.39 is 0 Å². The molecule has 2 heterocycles. The number of benzene rings is 1. The third-order valence-corrected chi connectivity index (χ3v) is 4.06. The summed E-state index contributed by atoms with van der Waals surface area (Å²) in [7, 11) is 0. The molecular weight excluding hydrogens is 370 g/mol. The highest BCUT2D eigenvalue weighted by Crippen LogP contribution is 2.26. The van der Waals surface area contributed by atoms with Crippen LogP contribution in [-0.2, 0) is 6.54 Å². The zero-order chi connectivity index (χ0) is 16.9. The Kier molecular flexibility index (Phi) is 4.96. The zero-order valence-electron chi connectivity index (χ0n) is 13.0. The number of amides is 1. The number of halogens is 1. The fourth-order valence-corrected chi connectivity index (χ4v) is 2.74. The van der Waals surface area contributed by atoms with Crippen molar-refractivity contribution in [1.82, 2.24) is 10.3 Å². The summed E-state index contributed by atoms with van der Waals surface area (Å²) in [5.74, 6) is 0.459. The van der Waals surface area contributed by atoms with Crippen molar-refractivity contribution in [3.8, 4) is 0 Å². The van der Waals surface area contributed by atoms with Crippen LogP contribution in [0.2, 0.25) is 0 Å². The molecule has 1 amide bonds. The van der Waals surface area contributed by atoms with Gasteiger partial charge in [0.25, 0.3) is 5.91 Å². The highest BCUT2D eigenvalue weighted by Gasteiger charge is 2.08. The lowest BCUT2D eigenvalue weighted by Gasteiger charge is -2.09. The van der Waals surface area contributed by atoms with Gasteiger partial charge in [-0.15, -0.1) is 0 Å². The number of carbonyl (C=O) groups is 1. The first-order valence-corrected chi connectivity index (χ1v) is 8.21. The Morgan fingerprint density at radius 3 is 2.79 bits per heavy atom. The molecule has 0 saturated heterocycles. The molecule has 0 fully saturated rings. The van der Waals surface area contributed by atoms with Gasteiger partial charge in [0.1, 0.15) is 11.5 Å². The zero-order valence-corrected chi connectivity index (χ0v) is 14.6. The lowest BCUT2D eigenvalue weighted by Crippen LogP contribution is -2.23. The van der Waals surface area contributed by atoms with Crippen molar-refractivity contribution < 1.29 is 9.21 Å². The fourth-order valence-electron chi connectivity index (χ4n) is 2.15. The average molecular weight is 386 g/mol. The van der Waals surface area contributed by atoms with Gasteiger partial charge in [0.2, 0.25) is 0 Å². The maximum absolute atomic E-state index is 12.1. The molecule has 6 heteroatoms. The Labute approximate surface area is 148 Å². The van der Waals surface area contributed by atoms with Crippen molar-refractivity contribution in [1.29, 1.82) is 0 Å². The summed E-state index contributed by atoms with van der Waals surface area (Å²) in [5, 5.41) is 6.03. The summed E-state index contributed by atoms with van der Waals surface area (Å²) in [5.41, 5.74) is 3.28. The second-order valence-electron chi connectivity index (χ2n) is 5.30. The van der Waals surface area contributed by atoms with Crippen LogP contribution in [0, 0.1) is 6.92 Å². The highest BCUT2D eigenvalue weighted by molar-refractivity contribution is 9.10. The molecule has 0 bridgehead atoms. The van der Waals surface area contributed by atoms with Gasteiger partial charge in [-0.05, 0) is 64.8 Å². The molecule has 0 aliphatic rings. The van der Waals surface area contributed by atoms with Crippen LogP contribution in [0.5, 0.6) is 0 Å². The number of hydrogen-bond acceptors (Lipinski definition) is 4. The molecule has 0 unspecified atom stereocenters. The van der Waals surface area contributed by atoms with Crippen LogP contribution in [0.4, 0.5) is 11.4 Å². The molecule has 0 radical (unpaired) electrons. The molecule has 3 rings (SSSR count). The molecule has 0 saturated carbocycles. The van der Waals surface area contributed by atoms with Crippen LogP contribution in [0.15, 0.2) is 63.8 Å². The van der Waals surface area contributed by atoms with Gasteiger partial charge >= 0.3 is 0 Å². The first-order chi connectivity index (χ1) is 11.6. The minimum Gasteiger partial charge on any atom is -0.467 e. The molecule has 0 spiro atoms. The monoisotopic (exact) mass is 385 g/mol. The number of rotatable bonds is 5. The number of carbonyl (C=O) groups excluding carboxylic acids is 1. The van der Waals surface area contributed by atoms with E-state index in [-0.39, 0.29) is 5.91 Å². The number of nitrogens with zero attached hydrogens (tertiary/aromatic N) is 1. The molecule has 0 atom stereocenters. The van der Waals surface area contributed by atoms with E-state index in [1.165, 1.54) is 5.56 Å². The summed E-state index contributed by atoms with van der Waals surface area (Å²) >= 11 is 3.53. The van der Waals surface area contributed by atoms with E-state index in [9.17, 15) is 4.79 Å². The van der Waals surface area contributed by atoms with Crippen LogP contribution in [-0.4, -0.2) is 10.9 Å². The Morgan fingerprint density at radius 2 is 2.12 bits per heavy atom. The second kappa shape index (κ2) is 7.31. The number of hydrogen-bond donors (Lipinski definition) is 2. The number of aromatic nitrogens is 1. The number of pyridine rings is 1.